The Balaban J connectivity index is 2.69. The Hall–Kier alpha value is -1.79. The fourth-order valence-corrected chi connectivity index (χ4v) is 0.976. The molecule has 1 aromatic rings. The van der Waals surface area contributed by atoms with Crippen molar-refractivity contribution < 1.29 is 9.84 Å². The summed E-state index contributed by atoms with van der Waals surface area (Å²) in [6, 6.07) is 8.48. The summed E-state index contributed by atoms with van der Waals surface area (Å²) in [5.41, 5.74) is 0.568. The second-order valence-corrected chi connectivity index (χ2v) is 2.70. The number of nitriles is 1. The number of aliphatic hydroxyl groups excluding tert-OH is 1. The predicted octanol–water partition coefficient (Wildman–Crippen LogP) is 1.81. The largest absolute Gasteiger partial charge is 0.490 e. The van der Waals surface area contributed by atoms with Gasteiger partial charge in [-0.3, -0.25) is 0 Å². The average molecular weight is 189 g/mol. The highest BCUT2D eigenvalue weighted by atomic mass is 16.5. The zero-order valence-corrected chi connectivity index (χ0v) is 7.68. The Labute approximate surface area is 82.9 Å². The minimum absolute atomic E-state index is 0.445. The summed E-state index contributed by atoms with van der Waals surface area (Å²) in [5, 5.41) is 17.6. The van der Waals surface area contributed by atoms with Crippen molar-refractivity contribution in [3.8, 4) is 11.8 Å². The molecule has 72 valence electrons. The minimum Gasteiger partial charge on any atom is -0.490 e. The summed E-state index contributed by atoms with van der Waals surface area (Å²) < 4.78 is 5.24. The van der Waals surface area contributed by atoms with Crippen molar-refractivity contribution in [2.45, 2.75) is 6.10 Å². The summed E-state index contributed by atoms with van der Waals surface area (Å²) in [6.07, 6.45) is 0.585. The van der Waals surface area contributed by atoms with Crippen LogP contribution in [-0.4, -0.2) is 11.7 Å². The van der Waals surface area contributed by atoms with E-state index in [0.717, 1.165) is 0 Å². The van der Waals surface area contributed by atoms with Gasteiger partial charge in [-0.1, -0.05) is 24.8 Å². The highest BCUT2D eigenvalue weighted by Crippen LogP contribution is 2.16. The van der Waals surface area contributed by atoms with Gasteiger partial charge in [0.25, 0.3) is 0 Å². The fourth-order valence-electron chi connectivity index (χ4n) is 0.976. The van der Waals surface area contributed by atoms with Gasteiger partial charge in [-0.15, -0.1) is 0 Å². The topological polar surface area (TPSA) is 53.2 Å². The number of benzene rings is 1. The highest BCUT2D eigenvalue weighted by Gasteiger charge is 2.04. The molecule has 3 heteroatoms. The smallest absolute Gasteiger partial charge is 0.165 e. The van der Waals surface area contributed by atoms with Crippen LogP contribution in [-0.2, 0) is 0 Å². The maximum atomic E-state index is 9.18. The van der Waals surface area contributed by atoms with Crippen LogP contribution in [0.25, 0.3) is 0 Å². The van der Waals surface area contributed by atoms with E-state index in [-0.39, 0.29) is 0 Å². The van der Waals surface area contributed by atoms with Crippen LogP contribution in [0, 0.1) is 11.3 Å². The molecule has 0 aromatic heterocycles. The van der Waals surface area contributed by atoms with Crippen molar-refractivity contribution in [3.05, 3.63) is 42.5 Å². The molecule has 0 saturated heterocycles. The molecular weight excluding hydrogens is 178 g/mol. The van der Waals surface area contributed by atoms with E-state index in [9.17, 15) is 5.11 Å². The minimum atomic E-state index is -1.07. The number of nitrogens with zero attached hydrogens (tertiary/aromatic N) is 1. The maximum absolute atomic E-state index is 9.18. The van der Waals surface area contributed by atoms with Crippen molar-refractivity contribution in [3.63, 3.8) is 0 Å². The molecule has 1 rings (SSSR count). The van der Waals surface area contributed by atoms with E-state index < -0.39 is 6.10 Å². The van der Waals surface area contributed by atoms with Crippen LogP contribution in [0.4, 0.5) is 0 Å². The molecular formula is C11H11NO2. The zero-order valence-electron chi connectivity index (χ0n) is 7.68. The molecule has 0 radical (unpaired) electrons. The number of hydrogen-bond acceptors (Lipinski definition) is 3. The van der Waals surface area contributed by atoms with Crippen LogP contribution >= 0.6 is 0 Å². The lowest BCUT2D eigenvalue weighted by molar-refractivity contribution is 0.236. The first-order chi connectivity index (χ1) is 6.77. The van der Waals surface area contributed by atoms with Crippen LogP contribution in [0.2, 0.25) is 0 Å². The second-order valence-electron chi connectivity index (χ2n) is 2.70. The van der Waals surface area contributed by atoms with Crippen LogP contribution in [0.1, 0.15) is 11.7 Å². The molecule has 0 amide bonds. The Morgan fingerprint density at radius 1 is 1.50 bits per heavy atom. The first-order valence-corrected chi connectivity index (χ1v) is 4.19. The predicted molar refractivity (Wildman–Crippen MR) is 52.7 cm³/mol. The molecule has 1 atom stereocenters. The first-order valence-electron chi connectivity index (χ1n) is 4.19. The van der Waals surface area contributed by atoms with Gasteiger partial charge in [-0.05, 0) is 17.7 Å². The Bertz CT molecular complexity index is 337. The van der Waals surface area contributed by atoms with E-state index in [1.54, 1.807) is 36.4 Å². The zero-order chi connectivity index (χ0) is 10.4. The van der Waals surface area contributed by atoms with Gasteiger partial charge >= 0.3 is 0 Å². The number of ether oxygens (including phenoxy) is 1. The molecule has 0 bridgehead atoms. The standard InChI is InChI=1S/C11H11NO2/c1-2-7-14-10-5-3-9(4-6-10)11(13)8-12/h2-6,11,13H,1,7H2/t11-/m0/s1. The molecule has 0 aliphatic carbocycles. The Kier molecular flexibility index (Phi) is 3.71. The van der Waals surface area contributed by atoms with Crippen LogP contribution in [0.15, 0.2) is 36.9 Å². The van der Waals surface area contributed by atoms with E-state index >= 15 is 0 Å². The van der Waals surface area contributed by atoms with Gasteiger partial charge in [0.15, 0.2) is 6.10 Å². The van der Waals surface area contributed by atoms with Gasteiger partial charge in [0.05, 0.1) is 6.07 Å². The van der Waals surface area contributed by atoms with Gasteiger partial charge in [-0.25, -0.2) is 0 Å². The third kappa shape index (κ3) is 2.61. The number of rotatable bonds is 4. The summed E-state index contributed by atoms with van der Waals surface area (Å²) in [4.78, 5) is 0. The molecule has 0 aliphatic rings. The number of hydrogen-bond donors (Lipinski definition) is 1. The second kappa shape index (κ2) is 5.05. The summed E-state index contributed by atoms with van der Waals surface area (Å²) >= 11 is 0. The van der Waals surface area contributed by atoms with Crippen molar-refractivity contribution in [1.82, 2.24) is 0 Å². The van der Waals surface area contributed by atoms with E-state index in [1.165, 1.54) is 0 Å². The molecule has 0 saturated carbocycles. The lowest BCUT2D eigenvalue weighted by Crippen LogP contribution is -1.95. The van der Waals surface area contributed by atoms with Crippen molar-refractivity contribution in [1.29, 1.82) is 5.26 Å². The van der Waals surface area contributed by atoms with E-state index in [1.807, 2.05) is 0 Å². The fraction of sp³-hybridized carbons (Fsp3) is 0.182. The molecule has 0 spiro atoms. The van der Waals surface area contributed by atoms with E-state index in [0.29, 0.717) is 17.9 Å². The normalized spacial score (nSPS) is 11.4. The first kappa shape index (κ1) is 10.3. The van der Waals surface area contributed by atoms with E-state index in [2.05, 4.69) is 6.58 Å². The monoisotopic (exact) mass is 189 g/mol. The summed E-state index contributed by atoms with van der Waals surface area (Å²) in [5.74, 6) is 0.693. The van der Waals surface area contributed by atoms with Gasteiger partial charge in [-0.2, -0.15) is 5.26 Å². The van der Waals surface area contributed by atoms with Crippen LogP contribution in [0.5, 0.6) is 5.75 Å². The third-order valence-corrected chi connectivity index (χ3v) is 1.69. The maximum Gasteiger partial charge on any atom is 0.165 e. The average Bonchev–Trinajstić information content (AvgIpc) is 2.26. The Morgan fingerprint density at radius 3 is 2.64 bits per heavy atom. The van der Waals surface area contributed by atoms with Gasteiger partial charge < -0.3 is 9.84 Å². The lowest BCUT2D eigenvalue weighted by Gasteiger charge is -2.05. The third-order valence-electron chi connectivity index (χ3n) is 1.69. The molecule has 1 N–H and O–H groups in total. The highest BCUT2D eigenvalue weighted by molar-refractivity contribution is 5.30. The van der Waals surface area contributed by atoms with Crippen LogP contribution < -0.4 is 4.74 Å². The quantitative estimate of drug-likeness (QED) is 0.580. The van der Waals surface area contributed by atoms with Crippen molar-refractivity contribution >= 4 is 0 Å². The van der Waals surface area contributed by atoms with Crippen LogP contribution in [0.3, 0.4) is 0 Å². The SMILES string of the molecule is C=CCOc1ccc([C@@H](O)C#N)cc1. The summed E-state index contributed by atoms with van der Waals surface area (Å²) in [7, 11) is 0. The van der Waals surface area contributed by atoms with Gasteiger partial charge in [0, 0.05) is 0 Å². The van der Waals surface area contributed by atoms with Crippen molar-refractivity contribution in [2.24, 2.45) is 0 Å². The summed E-state index contributed by atoms with van der Waals surface area (Å²) in [6.45, 7) is 3.97. The number of aliphatic hydroxyl groups is 1. The van der Waals surface area contributed by atoms with E-state index in [4.69, 9.17) is 10.00 Å². The van der Waals surface area contributed by atoms with Gasteiger partial charge in [0.1, 0.15) is 12.4 Å². The van der Waals surface area contributed by atoms with Gasteiger partial charge in [0.2, 0.25) is 0 Å². The molecule has 0 fully saturated rings. The molecule has 1 aromatic carbocycles. The molecule has 14 heavy (non-hydrogen) atoms. The molecule has 0 aliphatic heterocycles. The lowest BCUT2D eigenvalue weighted by atomic mass is 10.1. The molecule has 0 heterocycles. The molecule has 0 unspecified atom stereocenters. The Morgan fingerprint density at radius 2 is 2.14 bits per heavy atom. The van der Waals surface area contributed by atoms with Crippen molar-refractivity contribution in [2.75, 3.05) is 6.61 Å². The molecule has 3 nitrogen and oxygen atoms in total.